The Hall–Kier alpha value is -1.07. The average Bonchev–Trinajstić information content (AvgIpc) is 2.94. The van der Waals surface area contributed by atoms with Gasteiger partial charge in [0, 0.05) is 18.8 Å². The molecule has 3 aliphatic heterocycles. The summed E-state index contributed by atoms with van der Waals surface area (Å²) in [6, 6.07) is -0.711. The number of hydrogen-bond acceptors (Lipinski definition) is 8. The Balaban J connectivity index is 2.05. The lowest BCUT2D eigenvalue weighted by molar-refractivity contribution is -0.202. The van der Waals surface area contributed by atoms with Gasteiger partial charge < -0.3 is 34.4 Å². The number of carbonyl (C=O) groups is 2. The van der Waals surface area contributed by atoms with E-state index in [2.05, 4.69) is 5.32 Å². The van der Waals surface area contributed by atoms with Gasteiger partial charge in [0.05, 0.1) is 5.60 Å². The number of aliphatic hydroxyl groups is 1. The fourth-order valence-corrected chi connectivity index (χ4v) is 6.82. The van der Waals surface area contributed by atoms with Crippen LogP contribution < -0.4 is 5.32 Å². The van der Waals surface area contributed by atoms with Crippen LogP contribution >= 0.6 is 6.72 Å². The quantitative estimate of drug-likeness (QED) is 0.490. The third kappa shape index (κ3) is 4.75. The Labute approximate surface area is 194 Å². The summed E-state index contributed by atoms with van der Waals surface area (Å²) in [6.45, 7) is 9.01. The Morgan fingerprint density at radius 1 is 1.28 bits per heavy atom. The van der Waals surface area contributed by atoms with Crippen molar-refractivity contribution >= 4 is 30.3 Å². The number of carbonyl (C=O) groups excluding carboxylic acids is 2. The molecule has 0 saturated carbocycles. The summed E-state index contributed by atoms with van der Waals surface area (Å²) in [5.74, 6) is -0.691. The van der Waals surface area contributed by atoms with Gasteiger partial charge in [0.15, 0.2) is 11.8 Å². The molecule has 0 aromatic carbocycles. The molecule has 6 atom stereocenters. The van der Waals surface area contributed by atoms with Crippen LogP contribution in [0.15, 0.2) is 11.8 Å². The predicted molar refractivity (Wildman–Crippen MR) is 120 cm³/mol. The van der Waals surface area contributed by atoms with Crippen molar-refractivity contribution < 1.29 is 33.4 Å². The van der Waals surface area contributed by atoms with Gasteiger partial charge in [-0.05, 0) is 51.3 Å². The van der Waals surface area contributed by atoms with Crippen LogP contribution in [0.5, 0.6) is 0 Å². The van der Waals surface area contributed by atoms with Crippen LogP contribution in [0.1, 0.15) is 54.9 Å². The highest BCUT2D eigenvalue weighted by molar-refractivity contribution is 8.07. The van der Waals surface area contributed by atoms with E-state index >= 15 is 0 Å². The molecule has 3 aliphatic rings. The van der Waals surface area contributed by atoms with Crippen LogP contribution in [0.4, 0.5) is 0 Å². The third-order valence-electron chi connectivity index (χ3n) is 5.49. The number of aliphatic hydroxyl groups excluding tert-OH is 1. The molecule has 2 saturated heterocycles. The standard InChI is InChI=1S/C20H34N3O7PS/c1-11-9-23(17(26)21-14(11)24)15-12-13(29-31(27,32)30-19(5,6)7)20(28-15,10-18(2,3)4)16(25)22(12)8/h9,12-13,15,17,26H,10H2,1-8H3,(H,21,24)(H,27,32)/t12?,13?,15-,17?,20-,31?/m1/s1. The monoisotopic (exact) mass is 491 g/mol. The molecule has 0 aromatic heterocycles. The number of nitrogens with zero attached hydrogens (tertiary/aromatic N) is 2. The molecule has 4 unspecified atom stereocenters. The summed E-state index contributed by atoms with van der Waals surface area (Å²) in [5.41, 5.74) is -2.17. The molecule has 2 amide bonds. The van der Waals surface area contributed by atoms with Gasteiger partial charge in [-0.3, -0.25) is 14.1 Å². The summed E-state index contributed by atoms with van der Waals surface area (Å²) < 4.78 is 18.0. The highest BCUT2D eigenvalue weighted by atomic mass is 32.5. The van der Waals surface area contributed by atoms with Gasteiger partial charge in [0.1, 0.15) is 12.1 Å². The van der Waals surface area contributed by atoms with Gasteiger partial charge in [0.2, 0.25) is 6.35 Å². The molecular weight excluding hydrogens is 457 g/mol. The maximum absolute atomic E-state index is 13.4. The van der Waals surface area contributed by atoms with E-state index in [4.69, 9.17) is 25.6 Å². The maximum atomic E-state index is 13.4. The maximum Gasteiger partial charge on any atom is 0.325 e. The minimum absolute atomic E-state index is 0.282. The van der Waals surface area contributed by atoms with Gasteiger partial charge in [-0.1, -0.05) is 20.8 Å². The van der Waals surface area contributed by atoms with E-state index in [1.807, 2.05) is 20.8 Å². The molecule has 3 heterocycles. The SMILES string of the molecule is CC1=CN([C@@H]2O[C@@]3(CC(C)(C)C)C(=O)N(C)C2C3OP(O)(=S)OC(C)(C)C)C(O)NC1=O. The number of morpholine rings is 1. The van der Waals surface area contributed by atoms with E-state index in [9.17, 15) is 19.6 Å². The van der Waals surface area contributed by atoms with Gasteiger partial charge in [-0.2, -0.15) is 0 Å². The zero-order valence-corrected chi connectivity index (χ0v) is 21.5. The fraction of sp³-hybridized carbons (Fsp3) is 0.800. The predicted octanol–water partition coefficient (Wildman–Crippen LogP) is 1.39. The van der Waals surface area contributed by atoms with E-state index in [-0.39, 0.29) is 17.7 Å². The first kappa shape index (κ1) is 25.6. The molecule has 3 N–H and O–H groups in total. The lowest BCUT2D eigenvalue weighted by Crippen LogP contribution is -2.61. The van der Waals surface area contributed by atoms with Crippen LogP contribution in [0, 0.1) is 5.41 Å². The van der Waals surface area contributed by atoms with Gasteiger partial charge in [-0.25, -0.2) is 0 Å². The zero-order valence-electron chi connectivity index (χ0n) is 19.8. The van der Waals surface area contributed by atoms with E-state index in [1.54, 1.807) is 34.7 Å². The van der Waals surface area contributed by atoms with Crippen molar-refractivity contribution in [3.8, 4) is 0 Å². The highest BCUT2D eigenvalue weighted by Gasteiger charge is 2.72. The van der Waals surface area contributed by atoms with Gasteiger partial charge >= 0.3 is 6.72 Å². The van der Waals surface area contributed by atoms with Crippen molar-refractivity contribution in [3.63, 3.8) is 0 Å². The molecule has 0 aromatic rings. The number of ether oxygens (including phenoxy) is 1. The number of likely N-dealkylation sites (tertiary alicyclic amines) is 1. The first-order valence-electron chi connectivity index (χ1n) is 10.5. The van der Waals surface area contributed by atoms with Crippen molar-refractivity contribution in [2.45, 2.75) is 90.8 Å². The van der Waals surface area contributed by atoms with Crippen molar-refractivity contribution in [3.05, 3.63) is 11.8 Å². The molecule has 10 nitrogen and oxygen atoms in total. The summed E-state index contributed by atoms with van der Waals surface area (Å²) >= 11 is 5.29. The van der Waals surface area contributed by atoms with Crippen LogP contribution in [0.3, 0.4) is 0 Å². The average molecular weight is 492 g/mol. The lowest BCUT2D eigenvalue weighted by atomic mass is 9.80. The number of rotatable bonds is 5. The molecular formula is C20H34N3O7PS. The van der Waals surface area contributed by atoms with Crippen LogP contribution in [-0.4, -0.2) is 74.6 Å². The minimum Gasteiger partial charge on any atom is -0.356 e. The summed E-state index contributed by atoms with van der Waals surface area (Å²) in [6.07, 6.45) is -1.36. The molecule has 2 bridgehead atoms. The zero-order chi connectivity index (χ0) is 24.4. The largest absolute Gasteiger partial charge is 0.356 e. The van der Waals surface area contributed by atoms with Crippen LogP contribution in [0.25, 0.3) is 0 Å². The van der Waals surface area contributed by atoms with E-state index in [1.165, 1.54) is 16.0 Å². The normalized spacial score (nSPS) is 35.1. The Morgan fingerprint density at radius 2 is 1.88 bits per heavy atom. The topological polar surface area (TPSA) is 121 Å². The Morgan fingerprint density at radius 3 is 2.41 bits per heavy atom. The number of hydrogen-bond donors (Lipinski definition) is 3. The van der Waals surface area contributed by atoms with Crippen molar-refractivity contribution in [2.24, 2.45) is 5.41 Å². The molecule has 3 rings (SSSR count). The third-order valence-corrected chi connectivity index (χ3v) is 7.24. The number of nitrogens with one attached hydrogen (secondary N) is 1. The smallest absolute Gasteiger partial charge is 0.325 e. The molecule has 182 valence electrons. The van der Waals surface area contributed by atoms with Gasteiger partial charge in [-0.15, -0.1) is 0 Å². The molecule has 12 heteroatoms. The van der Waals surface area contributed by atoms with E-state index < -0.39 is 48.6 Å². The second-order valence-corrected chi connectivity index (χ2v) is 13.6. The number of fused-ring (bicyclic) bond motifs is 2. The summed E-state index contributed by atoms with van der Waals surface area (Å²) in [5, 5.41) is 13.0. The summed E-state index contributed by atoms with van der Waals surface area (Å²) in [4.78, 5) is 39.1. The molecule has 0 aliphatic carbocycles. The fourth-order valence-electron chi connectivity index (χ4n) is 4.55. The second-order valence-electron chi connectivity index (χ2n) is 10.8. The Kier molecular flexibility index (Phi) is 6.39. The first-order chi connectivity index (χ1) is 14.4. The number of likely N-dealkylation sites (N-methyl/N-ethyl adjacent to an activating group) is 1. The van der Waals surface area contributed by atoms with Crippen molar-refractivity contribution in [2.75, 3.05) is 7.05 Å². The molecule has 2 fully saturated rings. The Bertz CT molecular complexity index is 883. The molecule has 0 spiro atoms. The number of amides is 2. The first-order valence-corrected chi connectivity index (χ1v) is 13.1. The summed E-state index contributed by atoms with van der Waals surface area (Å²) in [7, 11) is 1.63. The molecule has 0 radical (unpaired) electrons. The van der Waals surface area contributed by atoms with Gasteiger partial charge in [0.25, 0.3) is 11.8 Å². The molecule has 32 heavy (non-hydrogen) atoms. The second kappa shape index (κ2) is 8.01. The lowest BCUT2D eigenvalue weighted by Gasteiger charge is -2.43. The van der Waals surface area contributed by atoms with E-state index in [0.29, 0.717) is 5.57 Å². The van der Waals surface area contributed by atoms with Crippen molar-refractivity contribution in [1.29, 1.82) is 0 Å². The van der Waals surface area contributed by atoms with Crippen LogP contribution in [-0.2, 0) is 35.2 Å². The highest BCUT2D eigenvalue weighted by Crippen LogP contribution is 2.57. The van der Waals surface area contributed by atoms with Crippen molar-refractivity contribution in [1.82, 2.24) is 15.1 Å². The minimum atomic E-state index is -3.75. The van der Waals surface area contributed by atoms with Crippen LogP contribution in [0.2, 0.25) is 0 Å². The van der Waals surface area contributed by atoms with E-state index in [0.717, 1.165) is 0 Å².